The Morgan fingerprint density at radius 1 is 1.54 bits per heavy atom. The number of hydrogen-bond acceptors (Lipinski definition) is 2. The quantitative estimate of drug-likeness (QED) is 0.771. The van der Waals surface area contributed by atoms with Crippen molar-refractivity contribution in [3.63, 3.8) is 0 Å². The van der Waals surface area contributed by atoms with Gasteiger partial charge in [-0.05, 0) is 24.6 Å². The van der Waals surface area contributed by atoms with Gasteiger partial charge in [0.1, 0.15) is 5.82 Å². The van der Waals surface area contributed by atoms with E-state index in [1.807, 2.05) is 0 Å². The van der Waals surface area contributed by atoms with Crippen LogP contribution in [0.4, 0.5) is 4.39 Å². The first-order chi connectivity index (χ1) is 6.02. The van der Waals surface area contributed by atoms with Crippen molar-refractivity contribution >= 4 is 11.6 Å². The zero-order valence-corrected chi connectivity index (χ0v) is 7.92. The molecule has 1 aromatic carbocycles. The highest BCUT2D eigenvalue weighted by atomic mass is 35.5. The van der Waals surface area contributed by atoms with E-state index < -0.39 is 18.0 Å². The summed E-state index contributed by atoms with van der Waals surface area (Å²) < 4.78 is 12.9. The van der Waals surface area contributed by atoms with Gasteiger partial charge in [-0.25, -0.2) is 4.39 Å². The Labute approximate surface area is 81.1 Å². The summed E-state index contributed by atoms with van der Waals surface area (Å²) in [5, 5.41) is 9.21. The van der Waals surface area contributed by atoms with Crippen LogP contribution < -0.4 is 5.73 Å². The van der Waals surface area contributed by atoms with Gasteiger partial charge in [0.25, 0.3) is 0 Å². The fourth-order valence-electron chi connectivity index (χ4n) is 0.998. The fraction of sp³-hybridized carbons (Fsp3) is 0.333. The number of nitrogens with two attached hydrogens (primary N) is 1. The maximum atomic E-state index is 12.9. The molecule has 1 rings (SSSR count). The van der Waals surface area contributed by atoms with Crippen molar-refractivity contribution in [1.29, 1.82) is 0 Å². The molecule has 0 heterocycles. The summed E-state index contributed by atoms with van der Waals surface area (Å²) >= 11 is 5.49. The van der Waals surface area contributed by atoms with E-state index in [0.29, 0.717) is 5.56 Å². The van der Waals surface area contributed by atoms with E-state index >= 15 is 0 Å². The Balaban J connectivity index is 2.97. The Morgan fingerprint density at radius 3 is 2.62 bits per heavy atom. The van der Waals surface area contributed by atoms with E-state index in [9.17, 15) is 4.39 Å². The largest absolute Gasteiger partial charge is 0.391 e. The monoisotopic (exact) mass is 203 g/mol. The van der Waals surface area contributed by atoms with Gasteiger partial charge in [0.15, 0.2) is 0 Å². The number of benzene rings is 1. The smallest absolute Gasteiger partial charge is 0.142 e. The lowest BCUT2D eigenvalue weighted by Crippen LogP contribution is -2.23. The van der Waals surface area contributed by atoms with Gasteiger partial charge in [-0.15, -0.1) is 0 Å². The summed E-state index contributed by atoms with van der Waals surface area (Å²) in [6, 6.07) is 3.68. The number of rotatable bonds is 2. The van der Waals surface area contributed by atoms with Gasteiger partial charge in [-0.1, -0.05) is 17.7 Å². The van der Waals surface area contributed by atoms with Crippen LogP contribution in [0.1, 0.15) is 18.5 Å². The summed E-state index contributed by atoms with van der Waals surface area (Å²) in [4.78, 5) is 0. The van der Waals surface area contributed by atoms with Gasteiger partial charge in [0, 0.05) is 0 Å². The summed E-state index contributed by atoms with van der Waals surface area (Å²) in [6.07, 6.45) is -0.708. The zero-order chi connectivity index (χ0) is 10.0. The van der Waals surface area contributed by atoms with E-state index in [2.05, 4.69) is 0 Å². The highest BCUT2D eigenvalue weighted by Crippen LogP contribution is 2.20. The predicted molar refractivity (Wildman–Crippen MR) is 50.0 cm³/mol. The van der Waals surface area contributed by atoms with E-state index in [1.54, 1.807) is 13.0 Å². The normalized spacial score (nSPS) is 15.5. The second kappa shape index (κ2) is 4.05. The molecule has 0 spiro atoms. The maximum absolute atomic E-state index is 12.9. The highest BCUT2D eigenvalue weighted by molar-refractivity contribution is 6.30. The van der Waals surface area contributed by atoms with Crippen molar-refractivity contribution < 1.29 is 9.50 Å². The third-order valence-electron chi connectivity index (χ3n) is 1.85. The Hall–Kier alpha value is -0.640. The third-order valence-corrected chi connectivity index (χ3v) is 2.15. The average Bonchev–Trinajstić information content (AvgIpc) is 2.08. The molecule has 0 bridgehead atoms. The van der Waals surface area contributed by atoms with Crippen LogP contribution in [0.2, 0.25) is 5.02 Å². The van der Waals surface area contributed by atoms with Gasteiger partial charge < -0.3 is 10.8 Å². The minimum absolute atomic E-state index is 0.0570. The van der Waals surface area contributed by atoms with Crippen molar-refractivity contribution in [3.05, 3.63) is 34.6 Å². The highest BCUT2D eigenvalue weighted by Gasteiger charge is 2.13. The molecule has 13 heavy (non-hydrogen) atoms. The van der Waals surface area contributed by atoms with Gasteiger partial charge in [0.2, 0.25) is 0 Å². The second-order valence-electron chi connectivity index (χ2n) is 2.94. The molecule has 0 fully saturated rings. The van der Waals surface area contributed by atoms with Crippen molar-refractivity contribution in [2.45, 2.75) is 19.1 Å². The first-order valence-electron chi connectivity index (χ1n) is 3.91. The molecule has 2 unspecified atom stereocenters. The molecule has 0 saturated carbocycles. The van der Waals surface area contributed by atoms with Crippen LogP contribution in [0.25, 0.3) is 0 Å². The lowest BCUT2D eigenvalue weighted by Gasteiger charge is -2.14. The lowest BCUT2D eigenvalue weighted by molar-refractivity contribution is 0.164. The maximum Gasteiger partial charge on any atom is 0.142 e. The first kappa shape index (κ1) is 10.4. The molecular formula is C9H11ClFNO. The molecule has 0 aliphatic carbocycles. The van der Waals surface area contributed by atoms with Crippen molar-refractivity contribution in [3.8, 4) is 0 Å². The SMILES string of the molecule is CC(O)C(N)c1ccc(Cl)c(F)c1. The molecule has 0 saturated heterocycles. The predicted octanol–water partition coefficient (Wildman–Crippen LogP) is 1.86. The van der Waals surface area contributed by atoms with Crippen molar-refractivity contribution in [2.24, 2.45) is 5.73 Å². The molecule has 2 nitrogen and oxygen atoms in total. The fourth-order valence-corrected chi connectivity index (χ4v) is 1.12. The Bertz CT molecular complexity index is 304. The molecule has 0 aliphatic rings. The van der Waals surface area contributed by atoms with Crippen LogP contribution in [0, 0.1) is 5.82 Å². The average molecular weight is 204 g/mol. The molecule has 2 atom stereocenters. The van der Waals surface area contributed by atoms with Crippen LogP contribution >= 0.6 is 11.6 Å². The lowest BCUT2D eigenvalue weighted by atomic mass is 10.0. The molecule has 3 N–H and O–H groups in total. The Morgan fingerprint density at radius 2 is 2.15 bits per heavy atom. The van der Waals surface area contributed by atoms with Gasteiger partial charge >= 0.3 is 0 Å². The van der Waals surface area contributed by atoms with Crippen LogP contribution in [0.3, 0.4) is 0 Å². The topological polar surface area (TPSA) is 46.2 Å². The van der Waals surface area contributed by atoms with Crippen LogP contribution in [0.15, 0.2) is 18.2 Å². The minimum atomic E-state index is -0.708. The van der Waals surface area contributed by atoms with Gasteiger partial charge in [-0.3, -0.25) is 0 Å². The summed E-state index contributed by atoms with van der Waals surface area (Å²) in [6.45, 7) is 1.55. The molecule has 4 heteroatoms. The van der Waals surface area contributed by atoms with Crippen molar-refractivity contribution in [2.75, 3.05) is 0 Å². The number of aliphatic hydroxyl groups is 1. The van der Waals surface area contributed by atoms with Gasteiger partial charge in [-0.2, -0.15) is 0 Å². The number of hydrogen-bond donors (Lipinski definition) is 2. The zero-order valence-electron chi connectivity index (χ0n) is 7.17. The second-order valence-corrected chi connectivity index (χ2v) is 3.35. The number of aliphatic hydroxyl groups excluding tert-OH is 1. The molecule has 0 aromatic heterocycles. The first-order valence-corrected chi connectivity index (χ1v) is 4.28. The van der Waals surface area contributed by atoms with E-state index in [1.165, 1.54) is 12.1 Å². The standard InChI is InChI=1S/C9H11ClFNO/c1-5(13)9(12)6-2-3-7(10)8(11)4-6/h2-5,9,13H,12H2,1H3. The molecule has 72 valence electrons. The number of halogens is 2. The van der Waals surface area contributed by atoms with Crippen LogP contribution in [-0.4, -0.2) is 11.2 Å². The third kappa shape index (κ3) is 2.40. The molecule has 0 aliphatic heterocycles. The van der Waals surface area contributed by atoms with Crippen molar-refractivity contribution in [1.82, 2.24) is 0 Å². The summed E-state index contributed by atoms with van der Waals surface area (Å²) in [7, 11) is 0. The van der Waals surface area contributed by atoms with E-state index in [4.69, 9.17) is 22.4 Å². The van der Waals surface area contributed by atoms with Crippen LogP contribution in [0.5, 0.6) is 0 Å². The summed E-state index contributed by atoms with van der Waals surface area (Å²) in [5.74, 6) is -0.518. The molecular weight excluding hydrogens is 193 g/mol. The Kier molecular flexibility index (Phi) is 3.25. The van der Waals surface area contributed by atoms with Crippen LogP contribution in [-0.2, 0) is 0 Å². The molecule has 0 radical (unpaired) electrons. The molecule has 1 aromatic rings. The van der Waals surface area contributed by atoms with Gasteiger partial charge in [0.05, 0.1) is 17.2 Å². The minimum Gasteiger partial charge on any atom is -0.391 e. The molecule has 0 amide bonds. The summed E-state index contributed by atoms with van der Waals surface area (Å²) in [5.41, 5.74) is 6.14. The van der Waals surface area contributed by atoms with E-state index in [-0.39, 0.29) is 5.02 Å². The van der Waals surface area contributed by atoms with E-state index in [0.717, 1.165) is 0 Å².